The highest BCUT2D eigenvalue weighted by Gasteiger charge is 2.22. The Hall–Kier alpha value is -1.98. The summed E-state index contributed by atoms with van der Waals surface area (Å²) in [6, 6.07) is 11.2. The number of amides is 1. The highest BCUT2D eigenvalue weighted by atomic mass is 35.5. The van der Waals surface area contributed by atoms with Crippen molar-refractivity contribution >= 4 is 17.5 Å². The van der Waals surface area contributed by atoms with Crippen LogP contribution in [0.4, 0.5) is 0 Å². The molecule has 1 aromatic carbocycles. The number of rotatable bonds is 6. The van der Waals surface area contributed by atoms with Crippen LogP contribution < -0.4 is 10.1 Å². The fourth-order valence-electron chi connectivity index (χ4n) is 2.76. The van der Waals surface area contributed by atoms with Crippen LogP contribution in [-0.4, -0.2) is 36.5 Å². The summed E-state index contributed by atoms with van der Waals surface area (Å²) in [4.78, 5) is 14.1. The lowest BCUT2D eigenvalue weighted by molar-refractivity contribution is -0.123. The predicted molar refractivity (Wildman–Crippen MR) is 92.1 cm³/mol. The molecule has 128 valence electrons. The molecular formula is C18H21ClN2O3. The second-order valence-electron chi connectivity index (χ2n) is 5.88. The number of para-hydroxylation sites is 1. The summed E-state index contributed by atoms with van der Waals surface area (Å²) in [7, 11) is 0. The van der Waals surface area contributed by atoms with E-state index in [-0.39, 0.29) is 12.0 Å². The van der Waals surface area contributed by atoms with Crippen molar-refractivity contribution in [3.05, 3.63) is 53.4 Å². The van der Waals surface area contributed by atoms with Gasteiger partial charge in [0.15, 0.2) is 0 Å². The second-order valence-corrected chi connectivity index (χ2v) is 6.29. The van der Waals surface area contributed by atoms with Crippen LogP contribution in [0.15, 0.2) is 47.1 Å². The molecule has 1 aromatic heterocycles. The number of hydrogen-bond acceptors (Lipinski definition) is 4. The third-order valence-electron chi connectivity index (χ3n) is 4.07. The zero-order valence-electron chi connectivity index (χ0n) is 13.4. The first-order valence-electron chi connectivity index (χ1n) is 8.13. The highest BCUT2D eigenvalue weighted by Crippen LogP contribution is 2.26. The maximum Gasteiger partial charge on any atom is 0.234 e. The molecule has 1 aliphatic heterocycles. The van der Waals surface area contributed by atoms with E-state index < -0.39 is 0 Å². The number of halogens is 1. The molecule has 24 heavy (non-hydrogen) atoms. The number of furan rings is 1. The molecule has 0 saturated carbocycles. The van der Waals surface area contributed by atoms with Crippen molar-refractivity contribution in [3.8, 4) is 5.75 Å². The fraction of sp³-hybridized carbons (Fsp3) is 0.389. The van der Waals surface area contributed by atoms with E-state index in [0.29, 0.717) is 18.1 Å². The van der Waals surface area contributed by atoms with Crippen LogP contribution in [0.3, 0.4) is 0 Å². The molecule has 0 aliphatic carbocycles. The second kappa shape index (κ2) is 8.22. The van der Waals surface area contributed by atoms with E-state index in [2.05, 4.69) is 10.2 Å². The molecule has 3 rings (SSSR count). The van der Waals surface area contributed by atoms with Gasteiger partial charge in [-0.15, -0.1) is 0 Å². The first kappa shape index (κ1) is 16.9. The summed E-state index contributed by atoms with van der Waals surface area (Å²) < 4.78 is 11.2. The van der Waals surface area contributed by atoms with E-state index in [4.69, 9.17) is 20.8 Å². The van der Waals surface area contributed by atoms with Gasteiger partial charge in [0.25, 0.3) is 0 Å². The number of likely N-dealkylation sites (tertiary alicyclic amines) is 1. The third kappa shape index (κ3) is 4.76. The third-order valence-corrected chi connectivity index (χ3v) is 4.38. The summed E-state index contributed by atoms with van der Waals surface area (Å²) in [5.41, 5.74) is 0. The minimum absolute atomic E-state index is 0.0110. The SMILES string of the molecule is O=C(CN1CCC(Oc2ccccc2Cl)CC1)NCc1ccco1. The lowest BCUT2D eigenvalue weighted by atomic mass is 10.1. The molecule has 0 bridgehead atoms. The van der Waals surface area contributed by atoms with Crippen molar-refractivity contribution in [2.24, 2.45) is 0 Å². The molecule has 1 amide bonds. The maximum absolute atomic E-state index is 12.0. The number of carbonyl (C=O) groups excluding carboxylic acids is 1. The van der Waals surface area contributed by atoms with E-state index in [1.54, 1.807) is 6.26 Å². The molecule has 1 fully saturated rings. The zero-order chi connectivity index (χ0) is 16.8. The number of nitrogens with one attached hydrogen (secondary N) is 1. The standard InChI is InChI=1S/C18H21ClN2O3/c19-16-5-1-2-6-17(16)24-14-7-9-21(10-8-14)13-18(22)20-12-15-4-3-11-23-15/h1-6,11,14H,7-10,12-13H2,(H,20,22). The largest absolute Gasteiger partial charge is 0.489 e. The van der Waals surface area contributed by atoms with Gasteiger partial charge in [-0.05, 0) is 37.1 Å². The zero-order valence-corrected chi connectivity index (χ0v) is 14.2. The van der Waals surface area contributed by atoms with Gasteiger partial charge in [0, 0.05) is 13.1 Å². The van der Waals surface area contributed by atoms with Gasteiger partial charge in [-0.25, -0.2) is 0 Å². The van der Waals surface area contributed by atoms with E-state index in [1.165, 1.54) is 0 Å². The Morgan fingerprint density at radius 3 is 2.75 bits per heavy atom. The Labute approximate surface area is 146 Å². The average molecular weight is 349 g/mol. The van der Waals surface area contributed by atoms with Gasteiger partial charge in [0.1, 0.15) is 17.6 Å². The van der Waals surface area contributed by atoms with E-state index in [1.807, 2.05) is 36.4 Å². The first-order chi connectivity index (χ1) is 11.7. The van der Waals surface area contributed by atoms with E-state index in [0.717, 1.165) is 37.4 Å². The Bertz CT molecular complexity index is 652. The molecule has 5 nitrogen and oxygen atoms in total. The normalized spacial score (nSPS) is 16.0. The summed E-state index contributed by atoms with van der Waals surface area (Å²) in [5.74, 6) is 1.50. The Morgan fingerprint density at radius 2 is 2.04 bits per heavy atom. The van der Waals surface area contributed by atoms with Crippen molar-refractivity contribution < 1.29 is 13.9 Å². The van der Waals surface area contributed by atoms with Gasteiger partial charge in [-0.3, -0.25) is 9.69 Å². The van der Waals surface area contributed by atoms with Crippen LogP contribution in [0.2, 0.25) is 5.02 Å². The molecule has 0 unspecified atom stereocenters. The summed E-state index contributed by atoms with van der Waals surface area (Å²) >= 11 is 6.12. The molecule has 2 aromatic rings. The quantitative estimate of drug-likeness (QED) is 0.871. The number of ether oxygens (including phenoxy) is 1. The lowest BCUT2D eigenvalue weighted by Crippen LogP contribution is -2.43. The van der Waals surface area contributed by atoms with Gasteiger partial charge in [0.05, 0.1) is 24.4 Å². The first-order valence-corrected chi connectivity index (χ1v) is 8.51. The number of nitrogens with zero attached hydrogens (tertiary/aromatic N) is 1. The van der Waals surface area contributed by atoms with Gasteiger partial charge < -0.3 is 14.5 Å². The fourth-order valence-corrected chi connectivity index (χ4v) is 2.94. The summed E-state index contributed by atoms with van der Waals surface area (Å²) in [6.45, 7) is 2.50. The number of hydrogen-bond donors (Lipinski definition) is 1. The van der Waals surface area contributed by atoms with Crippen molar-refractivity contribution in [1.29, 1.82) is 0 Å². The summed E-state index contributed by atoms with van der Waals surface area (Å²) in [5, 5.41) is 3.50. The molecule has 1 N–H and O–H groups in total. The average Bonchev–Trinajstić information content (AvgIpc) is 3.10. The van der Waals surface area contributed by atoms with Crippen LogP contribution in [-0.2, 0) is 11.3 Å². The van der Waals surface area contributed by atoms with Gasteiger partial charge >= 0.3 is 0 Å². The number of benzene rings is 1. The summed E-state index contributed by atoms with van der Waals surface area (Å²) in [6.07, 6.45) is 3.52. The van der Waals surface area contributed by atoms with Crippen LogP contribution in [0.25, 0.3) is 0 Å². The van der Waals surface area contributed by atoms with Crippen molar-refractivity contribution in [3.63, 3.8) is 0 Å². The van der Waals surface area contributed by atoms with Crippen LogP contribution in [0.1, 0.15) is 18.6 Å². The number of carbonyl (C=O) groups is 1. The molecule has 0 spiro atoms. The van der Waals surface area contributed by atoms with Gasteiger partial charge in [0.2, 0.25) is 5.91 Å². The molecule has 0 radical (unpaired) electrons. The van der Waals surface area contributed by atoms with Crippen molar-refractivity contribution in [1.82, 2.24) is 10.2 Å². The van der Waals surface area contributed by atoms with Crippen LogP contribution in [0, 0.1) is 0 Å². The van der Waals surface area contributed by atoms with E-state index in [9.17, 15) is 4.79 Å². The maximum atomic E-state index is 12.0. The molecule has 1 saturated heterocycles. The van der Waals surface area contributed by atoms with E-state index >= 15 is 0 Å². The molecule has 2 heterocycles. The molecule has 1 aliphatic rings. The van der Waals surface area contributed by atoms with Crippen molar-refractivity contribution in [2.75, 3.05) is 19.6 Å². The minimum Gasteiger partial charge on any atom is -0.489 e. The highest BCUT2D eigenvalue weighted by molar-refractivity contribution is 6.32. The van der Waals surface area contributed by atoms with Gasteiger partial charge in [-0.2, -0.15) is 0 Å². The number of piperidine rings is 1. The monoisotopic (exact) mass is 348 g/mol. The van der Waals surface area contributed by atoms with Gasteiger partial charge in [-0.1, -0.05) is 23.7 Å². The van der Waals surface area contributed by atoms with Crippen LogP contribution in [0.5, 0.6) is 5.75 Å². The van der Waals surface area contributed by atoms with Crippen molar-refractivity contribution in [2.45, 2.75) is 25.5 Å². The minimum atomic E-state index is 0.0110. The topological polar surface area (TPSA) is 54.7 Å². The molecule has 6 heteroatoms. The van der Waals surface area contributed by atoms with Crippen LogP contribution >= 0.6 is 11.6 Å². The Balaban J connectivity index is 1.39. The Morgan fingerprint density at radius 1 is 1.25 bits per heavy atom. The Kier molecular flexibility index (Phi) is 5.77. The molecular weight excluding hydrogens is 328 g/mol. The lowest BCUT2D eigenvalue weighted by Gasteiger charge is -2.31. The molecule has 0 atom stereocenters. The predicted octanol–water partition coefficient (Wildman–Crippen LogP) is 3.09. The smallest absolute Gasteiger partial charge is 0.234 e.